The van der Waals surface area contributed by atoms with Crippen LogP contribution in [0.2, 0.25) is 5.02 Å². The largest absolute Gasteiger partial charge is 0.493 e. The number of halogens is 2. The topological polar surface area (TPSA) is 78.6 Å². The van der Waals surface area contributed by atoms with Crippen molar-refractivity contribution in [3.63, 3.8) is 0 Å². The summed E-state index contributed by atoms with van der Waals surface area (Å²) in [5, 5.41) is 7.04. The van der Waals surface area contributed by atoms with Gasteiger partial charge in [-0.05, 0) is 30.3 Å². The molecule has 7 nitrogen and oxygen atoms in total. The van der Waals surface area contributed by atoms with E-state index in [-0.39, 0.29) is 11.6 Å². The minimum absolute atomic E-state index is 0.0311. The van der Waals surface area contributed by atoms with Crippen LogP contribution < -0.4 is 19.5 Å². The fourth-order valence-electron chi connectivity index (χ4n) is 2.44. The van der Waals surface area contributed by atoms with E-state index in [1.807, 2.05) is 0 Å². The SMILES string of the molecule is COc1cc(-c2noc(CNc3ccc(F)c(Cl)c3)n2)cc(OC)c1OC. The molecule has 0 spiro atoms. The van der Waals surface area contributed by atoms with Crippen LogP contribution in [-0.4, -0.2) is 31.5 Å². The zero-order chi connectivity index (χ0) is 19.4. The van der Waals surface area contributed by atoms with Crippen LogP contribution in [0.1, 0.15) is 5.89 Å². The number of methoxy groups -OCH3 is 3. The summed E-state index contributed by atoms with van der Waals surface area (Å²) in [6.45, 7) is 0.249. The van der Waals surface area contributed by atoms with E-state index >= 15 is 0 Å². The summed E-state index contributed by atoms with van der Waals surface area (Å²) in [6, 6.07) is 7.78. The van der Waals surface area contributed by atoms with E-state index < -0.39 is 5.82 Å². The van der Waals surface area contributed by atoms with Gasteiger partial charge in [-0.1, -0.05) is 16.8 Å². The average molecular weight is 394 g/mol. The molecule has 3 rings (SSSR count). The van der Waals surface area contributed by atoms with Crippen molar-refractivity contribution >= 4 is 17.3 Å². The molecule has 2 aromatic carbocycles. The fourth-order valence-corrected chi connectivity index (χ4v) is 2.62. The molecule has 0 atom stereocenters. The summed E-state index contributed by atoms with van der Waals surface area (Å²) in [4.78, 5) is 4.34. The van der Waals surface area contributed by atoms with E-state index in [0.29, 0.717) is 40.2 Å². The summed E-state index contributed by atoms with van der Waals surface area (Å²) >= 11 is 5.76. The Morgan fingerprint density at radius 3 is 2.37 bits per heavy atom. The van der Waals surface area contributed by atoms with E-state index in [0.717, 1.165) is 0 Å². The first-order chi connectivity index (χ1) is 13.0. The number of hydrogen-bond acceptors (Lipinski definition) is 7. The van der Waals surface area contributed by atoms with Gasteiger partial charge in [-0.3, -0.25) is 0 Å². The van der Waals surface area contributed by atoms with Crippen molar-refractivity contribution in [2.24, 2.45) is 0 Å². The van der Waals surface area contributed by atoms with Gasteiger partial charge in [0.15, 0.2) is 11.5 Å². The Kier molecular flexibility index (Phi) is 5.66. The zero-order valence-corrected chi connectivity index (χ0v) is 15.6. The maximum absolute atomic E-state index is 13.2. The van der Waals surface area contributed by atoms with Crippen LogP contribution in [0.4, 0.5) is 10.1 Å². The van der Waals surface area contributed by atoms with Gasteiger partial charge >= 0.3 is 0 Å². The lowest BCUT2D eigenvalue weighted by atomic mass is 10.1. The summed E-state index contributed by atoms with van der Waals surface area (Å²) in [6.07, 6.45) is 0. The van der Waals surface area contributed by atoms with Crippen LogP contribution in [0.5, 0.6) is 17.2 Å². The van der Waals surface area contributed by atoms with Gasteiger partial charge in [0.1, 0.15) is 5.82 Å². The van der Waals surface area contributed by atoms with Gasteiger partial charge in [0, 0.05) is 11.3 Å². The van der Waals surface area contributed by atoms with Crippen molar-refractivity contribution in [3.05, 3.63) is 47.1 Å². The molecule has 0 fully saturated rings. The van der Waals surface area contributed by atoms with Crippen LogP contribution in [0.25, 0.3) is 11.4 Å². The quantitative estimate of drug-likeness (QED) is 0.645. The van der Waals surface area contributed by atoms with Gasteiger partial charge in [-0.15, -0.1) is 0 Å². The van der Waals surface area contributed by atoms with Crippen LogP contribution in [0.3, 0.4) is 0 Å². The summed E-state index contributed by atoms with van der Waals surface area (Å²) in [7, 11) is 4.58. The summed E-state index contributed by atoms with van der Waals surface area (Å²) in [5.74, 6) is 1.67. The Labute approximate surface area is 160 Å². The molecule has 0 aliphatic rings. The zero-order valence-electron chi connectivity index (χ0n) is 14.9. The highest BCUT2D eigenvalue weighted by atomic mass is 35.5. The second-order valence-corrected chi connectivity index (χ2v) is 5.82. The first kappa shape index (κ1) is 18.8. The maximum Gasteiger partial charge on any atom is 0.246 e. The van der Waals surface area contributed by atoms with Gasteiger partial charge in [0.05, 0.1) is 32.9 Å². The Morgan fingerprint density at radius 2 is 1.78 bits per heavy atom. The van der Waals surface area contributed by atoms with Crippen molar-refractivity contribution in [1.29, 1.82) is 0 Å². The Morgan fingerprint density at radius 1 is 1.07 bits per heavy atom. The van der Waals surface area contributed by atoms with Crippen LogP contribution in [0.15, 0.2) is 34.9 Å². The van der Waals surface area contributed by atoms with Crippen molar-refractivity contribution in [2.75, 3.05) is 26.6 Å². The lowest BCUT2D eigenvalue weighted by Crippen LogP contribution is -2.00. The predicted octanol–water partition coefficient (Wildman–Crippen LogP) is 4.17. The highest BCUT2D eigenvalue weighted by Gasteiger charge is 2.17. The Hall–Kier alpha value is -3.00. The molecule has 0 unspecified atom stereocenters. The number of nitrogens with zero attached hydrogens (tertiary/aromatic N) is 2. The van der Waals surface area contributed by atoms with Gasteiger partial charge < -0.3 is 24.1 Å². The summed E-state index contributed by atoms with van der Waals surface area (Å²) < 4.78 is 34.4. The molecular weight excluding hydrogens is 377 g/mol. The smallest absolute Gasteiger partial charge is 0.246 e. The Bertz CT molecular complexity index is 923. The molecule has 0 amide bonds. The third-order valence-electron chi connectivity index (χ3n) is 3.75. The molecule has 1 N–H and O–H groups in total. The maximum atomic E-state index is 13.2. The monoisotopic (exact) mass is 393 g/mol. The number of nitrogens with one attached hydrogen (secondary N) is 1. The van der Waals surface area contributed by atoms with E-state index in [1.165, 1.54) is 33.5 Å². The normalized spacial score (nSPS) is 10.6. The molecular formula is C18H17ClFN3O4. The lowest BCUT2D eigenvalue weighted by Gasteiger charge is -2.12. The van der Waals surface area contributed by atoms with Gasteiger partial charge in [0.25, 0.3) is 0 Å². The molecule has 0 radical (unpaired) electrons. The second kappa shape index (κ2) is 8.13. The Balaban J connectivity index is 1.80. The molecule has 0 saturated heterocycles. The highest BCUT2D eigenvalue weighted by Crippen LogP contribution is 2.40. The minimum atomic E-state index is -0.482. The van der Waals surface area contributed by atoms with E-state index in [1.54, 1.807) is 18.2 Å². The number of hydrogen-bond donors (Lipinski definition) is 1. The average Bonchev–Trinajstić information content (AvgIpc) is 3.16. The van der Waals surface area contributed by atoms with Crippen molar-refractivity contribution in [1.82, 2.24) is 10.1 Å². The van der Waals surface area contributed by atoms with Crippen molar-refractivity contribution in [2.45, 2.75) is 6.54 Å². The molecule has 3 aromatic rings. The number of rotatable bonds is 7. The molecule has 1 aromatic heterocycles. The first-order valence-corrected chi connectivity index (χ1v) is 8.25. The van der Waals surface area contributed by atoms with Crippen molar-refractivity contribution in [3.8, 4) is 28.6 Å². The van der Waals surface area contributed by atoms with Gasteiger partial charge in [0.2, 0.25) is 17.5 Å². The highest BCUT2D eigenvalue weighted by molar-refractivity contribution is 6.31. The van der Waals surface area contributed by atoms with Crippen LogP contribution >= 0.6 is 11.6 Å². The summed E-state index contributed by atoms with van der Waals surface area (Å²) in [5.41, 5.74) is 1.28. The third-order valence-corrected chi connectivity index (χ3v) is 4.04. The predicted molar refractivity (Wildman–Crippen MR) is 98.1 cm³/mol. The van der Waals surface area contributed by atoms with Gasteiger partial charge in [-0.25, -0.2) is 4.39 Å². The third kappa shape index (κ3) is 4.06. The molecule has 142 valence electrons. The molecule has 0 saturated carbocycles. The lowest BCUT2D eigenvalue weighted by molar-refractivity contribution is 0.324. The molecule has 0 aliphatic heterocycles. The molecule has 1 heterocycles. The number of aromatic nitrogens is 2. The number of anilines is 1. The van der Waals surface area contributed by atoms with E-state index in [9.17, 15) is 4.39 Å². The second-order valence-electron chi connectivity index (χ2n) is 5.41. The van der Waals surface area contributed by atoms with Crippen LogP contribution in [0, 0.1) is 5.82 Å². The van der Waals surface area contributed by atoms with E-state index in [4.69, 9.17) is 30.3 Å². The van der Waals surface area contributed by atoms with Crippen molar-refractivity contribution < 1.29 is 23.1 Å². The van der Waals surface area contributed by atoms with Gasteiger partial charge in [-0.2, -0.15) is 4.98 Å². The molecule has 0 aliphatic carbocycles. The minimum Gasteiger partial charge on any atom is -0.493 e. The van der Waals surface area contributed by atoms with E-state index in [2.05, 4.69) is 15.5 Å². The molecule has 27 heavy (non-hydrogen) atoms. The molecule has 9 heteroatoms. The first-order valence-electron chi connectivity index (χ1n) is 7.87. The van der Waals surface area contributed by atoms with Crippen LogP contribution in [-0.2, 0) is 6.54 Å². The molecule has 0 bridgehead atoms. The number of ether oxygens (including phenoxy) is 3. The standard InChI is InChI=1S/C18H17ClFN3O4/c1-24-14-6-10(7-15(25-2)17(14)26-3)18-22-16(27-23-18)9-21-11-4-5-13(20)12(19)8-11/h4-8,21H,9H2,1-3H3. The number of benzene rings is 2. The fraction of sp³-hybridized carbons (Fsp3) is 0.222.